The Morgan fingerprint density at radius 2 is 2.00 bits per heavy atom. The fourth-order valence-corrected chi connectivity index (χ4v) is 1.42. The van der Waals surface area contributed by atoms with Crippen molar-refractivity contribution in [3.05, 3.63) is 34.9 Å². The molecule has 0 spiro atoms. The lowest BCUT2D eigenvalue weighted by Crippen LogP contribution is -2.19. The van der Waals surface area contributed by atoms with E-state index in [2.05, 4.69) is 0 Å². The molecule has 13 heavy (non-hydrogen) atoms. The summed E-state index contributed by atoms with van der Waals surface area (Å²) in [5.74, 6) is 0. The van der Waals surface area contributed by atoms with Crippen LogP contribution in [0.1, 0.15) is 23.6 Å². The third-order valence-electron chi connectivity index (χ3n) is 2.12. The van der Waals surface area contributed by atoms with Crippen LogP contribution in [0.4, 0.5) is 0 Å². The lowest BCUT2D eigenvalue weighted by Gasteiger charge is -2.17. The monoisotopic (exact) mass is 175 g/mol. The van der Waals surface area contributed by atoms with Crippen LogP contribution in [0.3, 0.4) is 0 Å². The Kier molecular flexibility index (Phi) is 2.40. The summed E-state index contributed by atoms with van der Waals surface area (Å²) in [7, 11) is 0. The first-order valence-corrected chi connectivity index (χ1v) is 4.19. The number of nitrogens with zero attached hydrogens (tertiary/aromatic N) is 1. The first-order valence-electron chi connectivity index (χ1n) is 4.19. The van der Waals surface area contributed by atoms with Gasteiger partial charge in [-0.2, -0.15) is 5.26 Å². The average Bonchev–Trinajstić information content (AvgIpc) is 2.03. The largest absolute Gasteiger partial charge is 0.372 e. The quantitative estimate of drug-likeness (QED) is 0.664. The molecule has 0 heterocycles. The van der Waals surface area contributed by atoms with Gasteiger partial charge in [0.25, 0.3) is 0 Å². The minimum Gasteiger partial charge on any atom is -0.372 e. The number of benzene rings is 1. The molecule has 0 aliphatic rings. The van der Waals surface area contributed by atoms with E-state index < -0.39 is 5.60 Å². The van der Waals surface area contributed by atoms with E-state index in [1.54, 1.807) is 6.07 Å². The van der Waals surface area contributed by atoms with Crippen LogP contribution in [-0.2, 0) is 5.60 Å². The Morgan fingerprint density at radius 1 is 1.38 bits per heavy atom. The second-order valence-corrected chi connectivity index (χ2v) is 3.50. The number of rotatable bonds is 1. The van der Waals surface area contributed by atoms with Gasteiger partial charge in [-0.15, -0.1) is 0 Å². The first-order chi connectivity index (χ1) is 5.97. The Morgan fingerprint density at radius 3 is 2.46 bits per heavy atom. The molecule has 0 radical (unpaired) electrons. The number of aliphatic hydroxyl groups is 1. The highest BCUT2D eigenvalue weighted by molar-refractivity contribution is 5.37. The highest BCUT2D eigenvalue weighted by atomic mass is 16.3. The molecule has 0 aliphatic heterocycles. The fraction of sp³-hybridized carbons (Fsp3) is 0.364. The van der Waals surface area contributed by atoms with Gasteiger partial charge in [0, 0.05) is 5.56 Å². The third kappa shape index (κ3) is 1.88. The Balaban J connectivity index is 3.26. The van der Waals surface area contributed by atoms with E-state index in [4.69, 9.17) is 5.26 Å². The molecule has 0 aromatic heterocycles. The van der Waals surface area contributed by atoms with Gasteiger partial charge in [-0.3, -0.25) is 0 Å². The summed E-state index contributed by atoms with van der Waals surface area (Å²) in [5, 5.41) is 18.4. The van der Waals surface area contributed by atoms with Crippen molar-refractivity contribution in [2.45, 2.75) is 26.4 Å². The first kappa shape index (κ1) is 9.76. The minimum atomic E-state index is -1.38. The standard InChI is InChI=1S/C11H13NO/c1-8-4-5-10(9(2)6-8)11(3,13)7-12/h4-6,13H,1-3H3. The summed E-state index contributed by atoms with van der Waals surface area (Å²) in [4.78, 5) is 0. The van der Waals surface area contributed by atoms with E-state index in [1.165, 1.54) is 6.92 Å². The molecule has 0 saturated heterocycles. The van der Waals surface area contributed by atoms with Crippen LogP contribution >= 0.6 is 0 Å². The number of aryl methyl sites for hydroxylation is 2. The molecule has 1 rings (SSSR count). The molecule has 0 bridgehead atoms. The van der Waals surface area contributed by atoms with Crippen molar-refractivity contribution in [1.82, 2.24) is 0 Å². The number of hydrogen-bond acceptors (Lipinski definition) is 2. The summed E-state index contributed by atoms with van der Waals surface area (Å²) in [5.41, 5.74) is 1.39. The van der Waals surface area contributed by atoms with Crippen molar-refractivity contribution in [1.29, 1.82) is 5.26 Å². The molecule has 1 aromatic carbocycles. The summed E-state index contributed by atoms with van der Waals surface area (Å²) in [6.45, 7) is 5.39. The van der Waals surface area contributed by atoms with Crippen molar-refractivity contribution in [2.24, 2.45) is 0 Å². The number of nitriles is 1. The molecule has 1 atom stereocenters. The smallest absolute Gasteiger partial charge is 0.174 e. The van der Waals surface area contributed by atoms with Crippen LogP contribution in [0, 0.1) is 25.2 Å². The predicted octanol–water partition coefficient (Wildman–Crippen LogP) is 2.03. The zero-order chi connectivity index (χ0) is 10.1. The van der Waals surface area contributed by atoms with E-state index >= 15 is 0 Å². The molecule has 1 N–H and O–H groups in total. The van der Waals surface area contributed by atoms with Crippen LogP contribution in [0.25, 0.3) is 0 Å². The molecular formula is C11H13NO. The zero-order valence-electron chi connectivity index (χ0n) is 8.13. The molecule has 0 saturated carbocycles. The van der Waals surface area contributed by atoms with Crippen LogP contribution in [0.5, 0.6) is 0 Å². The molecule has 1 unspecified atom stereocenters. The molecular weight excluding hydrogens is 162 g/mol. The second-order valence-electron chi connectivity index (χ2n) is 3.50. The van der Waals surface area contributed by atoms with Crippen molar-refractivity contribution in [2.75, 3.05) is 0 Å². The number of hydrogen-bond donors (Lipinski definition) is 1. The lowest BCUT2D eigenvalue weighted by molar-refractivity contribution is 0.119. The van der Waals surface area contributed by atoms with Gasteiger partial charge < -0.3 is 5.11 Å². The highest BCUT2D eigenvalue weighted by Gasteiger charge is 2.23. The van der Waals surface area contributed by atoms with Gasteiger partial charge >= 0.3 is 0 Å². The zero-order valence-corrected chi connectivity index (χ0v) is 8.13. The molecule has 1 aromatic rings. The maximum atomic E-state index is 9.71. The molecule has 2 nitrogen and oxygen atoms in total. The van der Waals surface area contributed by atoms with Gasteiger partial charge in [0.05, 0.1) is 0 Å². The lowest BCUT2D eigenvalue weighted by atomic mass is 9.92. The van der Waals surface area contributed by atoms with Gasteiger partial charge in [-0.1, -0.05) is 23.8 Å². The maximum absolute atomic E-state index is 9.71. The van der Waals surface area contributed by atoms with Gasteiger partial charge in [0.2, 0.25) is 0 Å². The Labute approximate surface area is 78.4 Å². The topological polar surface area (TPSA) is 44.0 Å². The molecule has 0 aliphatic carbocycles. The molecule has 0 amide bonds. The van der Waals surface area contributed by atoms with Crippen molar-refractivity contribution < 1.29 is 5.11 Å². The van der Waals surface area contributed by atoms with Gasteiger partial charge in [0.15, 0.2) is 5.60 Å². The Hall–Kier alpha value is -1.33. The molecule has 2 heteroatoms. The Bertz CT molecular complexity index is 361. The van der Waals surface area contributed by atoms with E-state index in [0.29, 0.717) is 5.56 Å². The summed E-state index contributed by atoms with van der Waals surface area (Å²) >= 11 is 0. The van der Waals surface area contributed by atoms with E-state index in [1.807, 2.05) is 32.0 Å². The summed E-state index contributed by atoms with van der Waals surface area (Å²) in [6, 6.07) is 7.53. The highest BCUT2D eigenvalue weighted by Crippen LogP contribution is 2.23. The van der Waals surface area contributed by atoms with Crippen LogP contribution < -0.4 is 0 Å². The van der Waals surface area contributed by atoms with Crippen LogP contribution in [0.2, 0.25) is 0 Å². The van der Waals surface area contributed by atoms with Crippen molar-refractivity contribution >= 4 is 0 Å². The second kappa shape index (κ2) is 3.20. The summed E-state index contributed by atoms with van der Waals surface area (Å²) in [6.07, 6.45) is 0. The predicted molar refractivity (Wildman–Crippen MR) is 51.1 cm³/mol. The molecule has 0 fully saturated rings. The average molecular weight is 175 g/mol. The van der Waals surface area contributed by atoms with Crippen LogP contribution in [-0.4, -0.2) is 5.11 Å². The van der Waals surface area contributed by atoms with Gasteiger partial charge in [-0.25, -0.2) is 0 Å². The normalized spacial score (nSPS) is 14.7. The van der Waals surface area contributed by atoms with E-state index in [-0.39, 0.29) is 0 Å². The van der Waals surface area contributed by atoms with Crippen molar-refractivity contribution in [3.8, 4) is 6.07 Å². The minimum absolute atomic E-state index is 0.681. The van der Waals surface area contributed by atoms with E-state index in [0.717, 1.165) is 11.1 Å². The van der Waals surface area contributed by atoms with E-state index in [9.17, 15) is 5.11 Å². The van der Waals surface area contributed by atoms with Crippen LogP contribution in [0.15, 0.2) is 18.2 Å². The SMILES string of the molecule is Cc1ccc(C(C)(O)C#N)c(C)c1. The fourth-order valence-electron chi connectivity index (χ4n) is 1.42. The summed E-state index contributed by atoms with van der Waals surface area (Å²) < 4.78 is 0. The van der Waals surface area contributed by atoms with Crippen molar-refractivity contribution in [3.63, 3.8) is 0 Å². The van der Waals surface area contributed by atoms with Gasteiger partial charge in [-0.05, 0) is 26.3 Å². The van der Waals surface area contributed by atoms with Gasteiger partial charge in [0.1, 0.15) is 6.07 Å². The molecule has 68 valence electrons. The maximum Gasteiger partial charge on any atom is 0.174 e. The third-order valence-corrected chi connectivity index (χ3v) is 2.12.